The molecule has 1 unspecified atom stereocenters. The van der Waals surface area contributed by atoms with Crippen molar-refractivity contribution in [3.05, 3.63) is 43.0 Å². The third-order valence-corrected chi connectivity index (χ3v) is 6.34. The lowest BCUT2D eigenvalue weighted by molar-refractivity contribution is -0.119. The van der Waals surface area contributed by atoms with E-state index in [1.165, 1.54) is 4.31 Å². The molecule has 8 heteroatoms. The second-order valence-corrected chi connectivity index (χ2v) is 8.13. The Labute approximate surface area is 147 Å². The number of sulfonamides is 1. The van der Waals surface area contributed by atoms with Crippen LogP contribution in [0.3, 0.4) is 0 Å². The Bertz CT molecular complexity index is 816. The van der Waals surface area contributed by atoms with E-state index >= 15 is 0 Å². The molecule has 0 aliphatic carbocycles. The molecule has 25 heavy (non-hydrogen) atoms. The molecular formula is C17H22N4O3S. The van der Waals surface area contributed by atoms with Crippen LogP contribution in [0.4, 0.5) is 5.69 Å². The maximum absolute atomic E-state index is 12.6. The summed E-state index contributed by atoms with van der Waals surface area (Å²) < 4.78 is 27.8. The SMILES string of the molecule is CCCS(=O)(=O)N1CCCC1C(=O)Nc1ccc(-n2ccnc2)cc1. The van der Waals surface area contributed by atoms with Crippen molar-refractivity contribution in [2.75, 3.05) is 17.6 Å². The number of hydrogen-bond donors (Lipinski definition) is 1. The normalized spacial score (nSPS) is 18.4. The highest BCUT2D eigenvalue weighted by molar-refractivity contribution is 7.89. The molecule has 1 saturated heterocycles. The van der Waals surface area contributed by atoms with E-state index in [1.807, 2.05) is 29.8 Å². The molecule has 2 aromatic rings. The first-order valence-corrected chi connectivity index (χ1v) is 10.0. The maximum Gasteiger partial charge on any atom is 0.242 e. The zero-order valence-electron chi connectivity index (χ0n) is 14.1. The van der Waals surface area contributed by atoms with Crippen LogP contribution in [0.15, 0.2) is 43.0 Å². The van der Waals surface area contributed by atoms with Crippen molar-refractivity contribution in [3.8, 4) is 5.69 Å². The van der Waals surface area contributed by atoms with Crippen LogP contribution < -0.4 is 5.32 Å². The fraction of sp³-hybridized carbons (Fsp3) is 0.412. The summed E-state index contributed by atoms with van der Waals surface area (Å²) >= 11 is 0. The van der Waals surface area contributed by atoms with E-state index < -0.39 is 16.1 Å². The molecule has 1 fully saturated rings. The molecule has 1 aromatic heterocycles. The van der Waals surface area contributed by atoms with Crippen molar-refractivity contribution in [2.24, 2.45) is 0 Å². The summed E-state index contributed by atoms with van der Waals surface area (Å²) in [5, 5.41) is 2.83. The molecule has 134 valence electrons. The molecule has 3 rings (SSSR count). The number of imidazole rings is 1. The van der Waals surface area contributed by atoms with E-state index in [2.05, 4.69) is 10.3 Å². The summed E-state index contributed by atoms with van der Waals surface area (Å²) in [6.07, 6.45) is 7.04. The van der Waals surface area contributed by atoms with Gasteiger partial charge in [-0.25, -0.2) is 13.4 Å². The second kappa shape index (κ2) is 7.37. The molecule has 0 spiro atoms. The third kappa shape index (κ3) is 3.91. The van der Waals surface area contributed by atoms with E-state index in [1.54, 1.807) is 24.7 Å². The number of carbonyl (C=O) groups excluding carboxylic acids is 1. The average Bonchev–Trinajstić information content (AvgIpc) is 3.27. The quantitative estimate of drug-likeness (QED) is 0.852. The Morgan fingerprint density at radius 1 is 1.32 bits per heavy atom. The average molecular weight is 362 g/mol. The van der Waals surface area contributed by atoms with Crippen LogP contribution >= 0.6 is 0 Å². The van der Waals surface area contributed by atoms with Crippen LogP contribution in [0.5, 0.6) is 0 Å². The number of carbonyl (C=O) groups is 1. The second-order valence-electron chi connectivity index (χ2n) is 6.09. The van der Waals surface area contributed by atoms with E-state index in [4.69, 9.17) is 0 Å². The molecule has 1 amide bonds. The summed E-state index contributed by atoms with van der Waals surface area (Å²) in [5.41, 5.74) is 1.58. The molecule has 1 N–H and O–H groups in total. The van der Waals surface area contributed by atoms with Gasteiger partial charge in [0.1, 0.15) is 6.04 Å². The van der Waals surface area contributed by atoms with Gasteiger partial charge in [0.15, 0.2) is 0 Å². The van der Waals surface area contributed by atoms with Gasteiger partial charge in [-0.15, -0.1) is 0 Å². The Morgan fingerprint density at radius 2 is 2.08 bits per heavy atom. The lowest BCUT2D eigenvalue weighted by Crippen LogP contribution is -2.44. The summed E-state index contributed by atoms with van der Waals surface area (Å²) in [7, 11) is -3.37. The Morgan fingerprint density at radius 3 is 2.72 bits per heavy atom. The van der Waals surface area contributed by atoms with Crippen LogP contribution in [0.2, 0.25) is 0 Å². The van der Waals surface area contributed by atoms with Gasteiger partial charge in [0.05, 0.1) is 12.1 Å². The molecule has 0 bridgehead atoms. The highest BCUT2D eigenvalue weighted by Gasteiger charge is 2.37. The minimum Gasteiger partial charge on any atom is -0.325 e. The molecule has 1 aliphatic rings. The van der Waals surface area contributed by atoms with Gasteiger partial charge in [0, 0.05) is 30.3 Å². The Balaban J connectivity index is 1.69. The summed E-state index contributed by atoms with van der Waals surface area (Å²) in [6.45, 7) is 2.24. The summed E-state index contributed by atoms with van der Waals surface area (Å²) in [5.74, 6) is -0.191. The summed E-state index contributed by atoms with van der Waals surface area (Å²) in [4.78, 5) is 16.6. The van der Waals surface area contributed by atoms with E-state index in [-0.39, 0.29) is 11.7 Å². The number of nitrogens with zero attached hydrogens (tertiary/aromatic N) is 3. The third-order valence-electron chi connectivity index (χ3n) is 4.26. The van der Waals surface area contributed by atoms with Gasteiger partial charge in [-0.3, -0.25) is 4.79 Å². The molecule has 2 heterocycles. The van der Waals surface area contributed by atoms with Crippen molar-refractivity contribution in [3.63, 3.8) is 0 Å². The molecule has 1 aromatic carbocycles. The van der Waals surface area contributed by atoms with Crippen molar-refractivity contribution < 1.29 is 13.2 Å². The number of aromatic nitrogens is 2. The minimum atomic E-state index is -3.37. The van der Waals surface area contributed by atoms with Crippen LogP contribution in [-0.2, 0) is 14.8 Å². The molecule has 1 atom stereocenters. The van der Waals surface area contributed by atoms with Crippen LogP contribution in [0.1, 0.15) is 26.2 Å². The Kier molecular flexibility index (Phi) is 5.19. The van der Waals surface area contributed by atoms with Gasteiger partial charge in [0.2, 0.25) is 15.9 Å². The number of anilines is 1. The summed E-state index contributed by atoms with van der Waals surface area (Å²) in [6, 6.07) is 6.72. The molecule has 7 nitrogen and oxygen atoms in total. The minimum absolute atomic E-state index is 0.0797. The molecule has 0 radical (unpaired) electrons. The van der Waals surface area contributed by atoms with Crippen LogP contribution in [0.25, 0.3) is 5.69 Å². The van der Waals surface area contributed by atoms with Crippen LogP contribution in [-0.4, -0.2) is 46.5 Å². The van der Waals surface area contributed by atoms with E-state index in [0.717, 1.165) is 5.69 Å². The van der Waals surface area contributed by atoms with Crippen molar-refractivity contribution in [1.29, 1.82) is 0 Å². The fourth-order valence-electron chi connectivity index (χ4n) is 3.06. The van der Waals surface area contributed by atoms with E-state index in [0.29, 0.717) is 31.5 Å². The standard InChI is InChI=1S/C17H22N4O3S/c1-2-12-25(23,24)21-10-3-4-16(21)17(22)19-14-5-7-15(8-6-14)20-11-9-18-13-20/h5-9,11,13,16H,2-4,10,12H2,1H3,(H,19,22). The first-order valence-electron chi connectivity index (χ1n) is 8.40. The fourth-order valence-corrected chi connectivity index (χ4v) is 4.81. The predicted octanol–water partition coefficient (Wildman–Crippen LogP) is 2.01. The first kappa shape index (κ1) is 17.6. The van der Waals surface area contributed by atoms with Crippen LogP contribution in [0, 0.1) is 0 Å². The monoisotopic (exact) mass is 362 g/mol. The van der Waals surface area contributed by atoms with Gasteiger partial charge >= 0.3 is 0 Å². The van der Waals surface area contributed by atoms with Crippen molar-refractivity contribution in [2.45, 2.75) is 32.2 Å². The zero-order valence-corrected chi connectivity index (χ0v) is 14.9. The highest BCUT2D eigenvalue weighted by atomic mass is 32.2. The predicted molar refractivity (Wildman–Crippen MR) is 96.0 cm³/mol. The maximum atomic E-state index is 12.6. The zero-order chi connectivity index (χ0) is 17.9. The lowest BCUT2D eigenvalue weighted by Gasteiger charge is -2.23. The smallest absolute Gasteiger partial charge is 0.242 e. The number of rotatable bonds is 6. The highest BCUT2D eigenvalue weighted by Crippen LogP contribution is 2.23. The molecular weight excluding hydrogens is 340 g/mol. The largest absolute Gasteiger partial charge is 0.325 e. The van der Waals surface area contributed by atoms with Gasteiger partial charge in [-0.2, -0.15) is 4.31 Å². The number of amides is 1. The van der Waals surface area contributed by atoms with Crippen molar-refractivity contribution in [1.82, 2.24) is 13.9 Å². The number of benzene rings is 1. The van der Waals surface area contributed by atoms with Gasteiger partial charge < -0.3 is 9.88 Å². The van der Waals surface area contributed by atoms with E-state index in [9.17, 15) is 13.2 Å². The van der Waals surface area contributed by atoms with Gasteiger partial charge in [0.25, 0.3) is 0 Å². The molecule has 1 aliphatic heterocycles. The Hall–Kier alpha value is -2.19. The van der Waals surface area contributed by atoms with Gasteiger partial charge in [-0.1, -0.05) is 6.92 Å². The van der Waals surface area contributed by atoms with Gasteiger partial charge in [-0.05, 0) is 43.5 Å². The number of hydrogen-bond acceptors (Lipinski definition) is 4. The lowest BCUT2D eigenvalue weighted by atomic mass is 10.2. The first-order chi connectivity index (χ1) is 12.0. The molecule has 0 saturated carbocycles. The topological polar surface area (TPSA) is 84.3 Å². The van der Waals surface area contributed by atoms with Crippen molar-refractivity contribution >= 4 is 21.6 Å². The number of nitrogens with one attached hydrogen (secondary N) is 1.